The summed E-state index contributed by atoms with van der Waals surface area (Å²) in [6.07, 6.45) is 1.90. The van der Waals surface area contributed by atoms with Crippen LogP contribution in [0.15, 0.2) is 30.5 Å². The average Bonchev–Trinajstić information content (AvgIpc) is 2.85. The first kappa shape index (κ1) is 12.9. The van der Waals surface area contributed by atoms with E-state index in [4.69, 9.17) is 4.74 Å². The number of ether oxygens (including phenoxy) is 1. The highest BCUT2D eigenvalue weighted by Crippen LogP contribution is 2.30. The van der Waals surface area contributed by atoms with E-state index < -0.39 is 0 Å². The van der Waals surface area contributed by atoms with Crippen LogP contribution in [0, 0.1) is 5.92 Å². The largest absolute Gasteiger partial charge is 0.497 e. The highest BCUT2D eigenvalue weighted by Gasteiger charge is 2.05. The maximum Gasteiger partial charge on any atom is 0.183 e. The summed E-state index contributed by atoms with van der Waals surface area (Å²) in [5.41, 5.74) is 1.14. The molecule has 0 radical (unpaired) electrons. The second-order valence-electron chi connectivity index (χ2n) is 4.54. The van der Waals surface area contributed by atoms with Crippen LogP contribution in [0.3, 0.4) is 0 Å². The van der Waals surface area contributed by atoms with Crippen molar-refractivity contribution < 1.29 is 4.74 Å². The minimum atomic E-state index is 0.620. The number of aromatic nitrogens is 1. The van der Waals surface area contributed by atoms with Gasteiger partial charge in [0.1, 0.15) is 5.75 Å². The molecule has 0 atom stereocenters. The Morgan fingerprint density at radius 2 is 2.22 bits per heavy atom. The Kier molecular flexibility index (Phi) is 4.20. The van der Waals surface area contributed by atoms with Crippen LogP contribution in [-0.4, -0.2) is 18.6 Å². The lowest BCUT2D eigenvalue weighted by atomic mass is 10.2. The number of nitrogens with one attached hydrogen (secondary N) is 1. The van der Waals surface area contributed by atoms with Crippen molar-refractivity contribution in [2.75, 3.05) is 19.0 Å². The molecule has 18 heavy (non-hydrogen) atoms. The SMILES string of the molecule is COc1cccc(-c2cnc(NCC(C)C)s2)c1. The van der Waals surface area contributed by atoms with E-state index in [0.29, 0.717) is 5.92 Å². The van der Waals surface area contributed by atoms with Crippen LogP contribution >= 0.6 is 11.3 Å². The zero-order chi connectivity index (χ0) is 13.0. The molecule has 1 heterocycles. The predicted molar refractivity (Wildman–Crippen MR) is 77.4 cm³/mol. The second-order valence-corrected chi connectivity index (χ2v) is 5.57. The van der Waals surface area contributed by atoms with Crippen LogP contribution in [0.1, 0.15) is 13.8 Å². The van der Waals surface area contributed by atoms with Gasteiger partial charge in [-0.2, -0.15) is 0 Å². The van der Waals surface area contributed by atoms with Crippen LogP contribution in [0.5, 0.6) is 5.75 Å². The van der Waals surface area contributed by atoms with Crippen molar-refractivity contribution in [2.45, 2.75) is 13.8 Å². The third-order valence-corrected chi connectivity index (χ3v) is 3.53. The number of nitrogens with zero attached hydrogens (tertiary/aromatic N) is 1. The van der Waals surface area contributed by atoms with Crippen molar-refractivity contribution in [2.24, 2.45) is 5.92 Å². The van der Waals surface area contributed by atoms with Gasteiger partial charge in [-0.15, -0.1) is 0 Å². The van der Waals surface area contributed by atoms with Gasteiger partial charge in [0.15, 0.2) is 5.13 Å². The number of thiazole rings is 1. The highest BCUT2D eigenvalue weighted by molar-refractivity contribution is 7.18. The van der Waals surface area contributed by atoms with E-state index in [2.05, 4.69) is 30.2 Å². The Morgan fingerprint density at radius 1 is 1.39 bits per heavy atom. The molecule has 0 amide bonds. The number of hydrogen-bond donors (Lipinski definition) is 1. The lowest BCUT2D eigenvalue weighted by molar-refractivity contribution is 0.415. The Labute approximate surface area is 112 Å². The molecular formula is C14H18N2OS. The van der Waals surface area contributed by atoms with Crippen molar-refractivity contribution in [1.82, 2.24) is 4.98 Å². The van der Waals surface area contributed by atoms with Gasteiger partial charge in [0.25, 0.3) is 0 Å². The lowest BCUT2D eigenvalue weighted by Gasteiger charge is -2.04. The molecule has 0 aliphatic carbocycles. The van der Waals surface area contributed by atoms with Crippen molar-refractivity contribution in [3.63, 3.8) is 0 Å². The molecule has 1 aromatic heterocycles. The summed E-state index contributed by atoms with van der Waals surface area (Å²) >= 11 is 1.67. The first-order valence-corrected chi connectivity index (χ1v) is 6.85. The summed E-state index contributed by atoms with van der Waals surface area (Å²) < 4.78 is 5.23. The first-order valence-electron chi connectivity index (χ1n) is 6.03. The molecule has 96 valence electrons. The Morgan fingerprint density at radius 3 is 2.94 bits per heavy atom. The number of methoxy groups -OCH3 is 1. The molecule has 0 aliphatic heterocycles. The fourth-order valence-corrected chi connectivity index (χ4v) is 2.38. The van der Waals surface area contributed by atoms with Gasteiger partial charge < -0.3 is 10.1 Å². The van der Waals surface area contributed by atoms with Crippen molar-refractivity contribution in [1.29, 1.82) is 0 Å². The molecule has 0 saturated heterocycles. The molecule has 0 fully saturated rings. The first-order chi connectivity index (χ1) is 8.69. The molecule has 0 unspecified atom stereocenters. The van der Waals surface area contributed by atoms with Gasteiger partial charge >= 0.3 is 0 Å². The standard InChI is InChI=1S/C14H18N2OS/c1-10(2)8-15-14-16-9-13(18-14)11-5-4-6-12(7-11)17-3/h4-7,9-10H,8H2,1-3H3,(H,15,16). The normalized spacial score (nSPS) is 10.7. The van der Waals surface area contributed by atoms with E-state index in [1.54, 1.807) is 18.4 Å². The maximum absolute atomic E-state index is 5.23. The number of rotatable bonds is 5. The minimum absolute atomic E-state index is 0.620. The van der Waals surface area contributed by atoms with Gasteiger partial charge in [0.05, 0.1) is 12.0 Å². The van der Waals surface area contributed by atoms with Crippen LogP contribution in [0.25, 0.3) is 10.4 Å². The van der Waals surface area contributed by atoms with Gasteiger partial charge in [0.2, 0.25) is 0 Å². The van der Waals surface area contributed by atoms with Gasteiger partial charge in [-0.05, 0) is 23.6 Å². The predicted octanol–water partition coefficient (Wildman–Crippen LogP) is 3.89. The molecule has 0 saturated carbocycles. The fraction of sp³-hybridized carbons (Fsp3) is 0.357. The number of hydrogen-bond acceptors (Lipinski definition) is 4. The monoisotopic (exact) mass is 262 g/mol. The molecule has 2 rings (SSSR count). The van der Waals surface area contributed by atoms with Crippen molar-refractivity contribution in [3.05, 3.63) is 30.5 Å². The molecule has 2 aromatic rings. The zero-order valence-electron chi connectivity index (χ0n) is 10.9. The van der Waals surface area contributed by atoms with E-state index in [9.17, 15) is 0 Å². The molecule has 0 bridgehead atoms. The molecule has 3 nitrogen and oxygen atoms in total. The van der Waals surface area contributed by atoms with Gasteiger partial charge in [0, 0.05) is 12.7 Å². The van der Waals surface area contributed by atoms with Gasteiger partial charge in [-0.25, -0.2) is 4.98 Å². The molecular weight excluding hydrogens is 244 g/mol. The molecule has 4 heteroatoms. The zero-order valence-corrected chi connectivity index (χ0v) is 11.8. The minimum Gasteiger partial charge on any atom is -0.497 e. The smallest absolute Gasteiger partial charge is 0.183 e. The van der Waals surface area contributed by atoms with Crippen molar-refractivity contribution in [3.8, 4) is 16.2 Å². The van der Waals surface area contributed by atoms with Gasteiger partial charge in [-0.3, -0.25) is 0 Å². The lowest BCUT2D eigenvalue weighted by Crippen LogP contribution is -2.07. The summed E-state index contributed by atoms with van der Waals surface area (Å²) in [4.78, 5) is 5.54. The summed E-state index contributed by atoms with van der Waals surface area (Å²) in [5.74, 6) is 1.49. The second kappa shape index (κ2) is 5.87. The summed E-state index contributed by atoms with van der Waals surface area (Å²) in [5, 5.41) is 4.31. The molecule has 1 N–H and O–H groups in total. The average molecular weight is 262 g/mol. The van der Waals surface area contributed by atoms with E-state index >= 15 is 0 Å². The molecule has 1 aromatic carbocycles. The van der Waals surface area contributed by atoms with Crippen LogP contribution in [-0.2, 0) is 0 Å². The molecule has 0 spiro atoms. The summed E-state index contributed by atoms with van der Waals surface area (Å²) in [6, 6.07) is 8.04. The fourth-order valence-electron chi connectivity index (χ4n) is 1.56. The Hall–Kier alpha value is -1.55. The summed E-state index contributed by atoms with van der Waals surface area (Å²) in [7, 11) is 1.68. The third kappa shape index (κ3) is 3.23. The van der Waals surface area contributed by atoms with E-state index in [0.717, 1.165) is 27.9 Å². The van der Waals surface area contributed by atoms with Gasteiger partial charge in [-0.1, -0.05) is 37.3 Å². The van der Waals surface area contributed by atoms with E-state index in [-0.39, 0.29) is 0 Å². The third-order valence-electron chi connectivity index (χ3n) is 2.52. The van der Waals surface area contributed by atoms with E-state index in [1.807, 2.05) is 24.4 Å². The number of anilines is 1. The number of benzene rings is 1. The Bertz CT molecular complexity index is 508. The van der Waals surface area contributed by atoms with Crippen LogP contribution < -0.4 is 10.1 Å². The van der Waals surface area contributed by atoms with Crippen LogP contribution in [0.2, 0.25) is 0 Å². The van der Waals surface area contributed by atoms with Crippen molar-refractivity contribution >= 4 is 16.5 Å². The van der Waals surface area contributed by atoms with E-state index in [1.165, 1.54) is 0 Å². The maximum atomic E-state index is 5.23. The molecule has 0 aliphatic rings. The van der Waals surface area contributed by atoms with Crippen LogP contribution in [0.4, 0.5) is 5.13 Å². The topological polar surface area (TPSA) is 34.1 Å². The Balaban J connectivity index is 2.13. The highest BCUT2D eigenvalue weighted by atomic mass is 32.1. The summed E-state index contributed by atoms with van der Waals surface area (Å²) in [6.45, 7) is 5.32. The quantitative estimate of drug-likeness (QED) is 0.887.